The summed E-state index contributed by atoms with van der Waals surface area (Å²) in [6.45, 7) is 12.8. The molecule has 1 aromatic heterocycles. The number of para-hydroxylation sites is 1. The van der Waals surface area contributed by atoms with Crippen molar-refractivity contribution < 1.29 is 14.3 Å². The lowest BCUT2D eigenvalue weighted by Crippen LogP contribution is -2.41. The minimum Gasteiger partial charge on any atom is -0.484 e. The molecule has 7 nitrogen and oxygen atoms in total. The molecular formula is C29H38N4O3. The van der Waals surface area contributed by atoms with E-state index in [1.54, 1.807) is 21.7 Å². The van der Waals surface area contributed by atoms with Gasteiger partial charge < -0.3 is 15.0 Å². The van der Waals surface area contributed by atoms with E-state index in [4.69, 9.17) is 9.84 Å². The standard InChI is InChI=1S/C29H38N4O3/c1-21(2)15-16-32(28(35)20-36-24-13-8-7-9-14-24)19-27(34)30-26-18-25(29(4,5)6)31-33(26)23-12-10-11-22(3)17-23/h7-14,17-18,21H,15-16,19-20H2,1-6H3,(H,30,34). The van der Waals surface area contributed by atoms with Crippen LogP contribution in [0, 0.1) is 12.8 Å². The van der Waals surface area contributed by atoms with Crippen LogP contribution in [0.25, 0.3) is 5.69 Å². The maximum absolute atomic E-state index is 13.2. The van der Waals surface area contributed by atoms with Crippen LogP contribution in [0.5, 0.6) is 5.75 Å². The summed E-state index contributed by atoms with van der Waals surface area (Å²) in [5, 5.41) is 7.78. The molecule has 0 bridgehead atoms. The van der Waals surface area contributed by atoms with Crippen molar-refractivity contribution in [3.8, 4) is 11.4 Å². The van der Waals surface area contributed by atoms with Crippen molar-refractivity contribution in [2.45, 2.75) is 53.4 Å². The quantitative estimate of drug-likeness (QED) is 0.414. The lowest BCUT2D eigenvalue weighted by molar-refractivity contribution is -0.136. The molecule has 2 amide bonds. The fourth-order valence-electron chi connectivity index (χ4n) is 3.61. The zero-order chi connectivity index (χ0) is 26.3. The summed E-state index contributed by atoms with van der Waals surface area (Å²) in [6.07, 6.45) is 0.791. The number of aryl methyl sites for hydroxylation is 1. The van der Waals surface area contributed by atoms with E-state index in [-0.39, 0.29) is 30.4 Å². The summed E-state index contributed by atoms with van der Waals surface area (Å²) >= 11 is 0. The molecule has 3 rings (SSSR count). The lowest BCUT2D eigenvalue weighted by atomic mass is 9.92. The number of aromatic nitrogens is 2. The highest BCUT2D eigenvalue weighted by Crippen LogP contribution is 2.26. The first-order valence-corrected chi connectivity index (χ1v) is 12.5. The Balaban J connectivity index is 1.77. The van der Waals surface area contributed by atoms with E-state index < -0.39 is 0 Å². The Morgan fingerprint density at radius 2 is 1.78 bits per heavy atom. The minimum atomic E-state index is -0.277. The van der Waals surface area contributed by atoms with E-state index in [0.717, 1.165) is 23.4 Å². The Hall–Kier alpha value is -3.61. The number of rotatable bonds is 10. The predicted octanol–water partition coefficient (Wildman–Crippen LogP) is 5.37. The molecule has 192 valence electrons. The molecule has 0 aliphatic heterocycles. The first kappa shape index (κ1) is 27.0. The van der Waals surface area contributed by atoms with Crippen LogP contribution in [-0.2, 0) is 15.0 Å². The van der Waals surface area contributed by atoms with Gasteiger partial charge in [0.1, 0.15) is 18.1 Å². The van der Waals surface area contributed by atoms with Crippen LogP contribution in [0.4, 0.5) is 5.82 Å². The molecule has 0 saturated carbocycles. The highest BCUT2D eigenvalue weighted by molar-refractivity contribution is 5.94. The molecule has 0 saturated heterocycles. The average Bonchev–Trinajstić information content (AvgIpc) is 3.25. The summed E-state index contributed by atoms with van der Waals surface area (Å²) in [5.74, 6) is 1.09. The Morgan fingerprint density at radius 1 is 1.06 bits per heavy atom. The first-order chi connectivity index (χ1) is 17.0. The number of ether oxygens (including phenoxy) is 1. The topological polar surface area (TPSA) is 76.5 Å². The van der Waals surface area contributed by atoms with Crippen LogP contribution in [0.1, 0.15) is 52.3 Å². The Bertz CT molecular complexity index is 1160. The number of hydrogen-bond acceptors (Lipinski definition) is 4. The molecular weight excluding hydrogens is 452 g/mol. The first-order valence-electron chi connectivity index (χ1n) is 12.5. The van der Waals surface area contributed by atoms with Gasteiger partial charge in [0, 0.05) is 18.0 Å². The molecule has 0 radical (unpaired) electrons. The summed E-state index contributed by atoms with van der Waals surface area (Å²) in [4.78, 5) is 27.7. The van der Waals surface area contributed by atoms with Crippen molar-refractivity contribution in [2.24, 2.45) is 5.92 Å². The van der Waals surface area contributed by atoms with Gasteiger partial charge in [-0.3, -0.25) is 9.59 Å². The van der Waals surface area contributed by atoms with E-state index in [9.17, 15) is 9.59 Å². The fourth-order valence-corrected chi connectivity index (χ4v) is 3.61. The van der Waals surface area contributed by atoms with Crippen LogP contribution in [-0.4, -0.2) is 46.2 Å². The number of benzene rings is 2. The van der Waals surface area contributed by atoms with Crippen LogP contribution in [0.3, 0.4) is 0 Å². The van der Waals surface area contributed by atoms with Gasteiger partial charge >= 0.3 is 0 Å². The Morgan fingerprint density at radius 3 is 2.42 bits per heavy atom. The number of nitrogens with zero attached hydrogens (tertiary/aromatic N) is 3. The van der Waals surface area contributed by atoms with Crippen molar-refractivity contribution in [1.29, 1.82) is 0 Å². The number of anilines is 1. The predicted molar refractivity (Wildman–Crippen MR) is 144 cm³/mol. The van der Waals surface area contributed by atoms with Crippen LogP contribution in [0.2, 0.25) is 0 Å². The zero-order valence-electron chi connectivity index (χ0n) is 22.2. The van der Waals surface area contributed by atoms with E-state index >= 15 is 0 Å². The van der Waals surface area contributed by atoms with E-state index in [0.29, 0.717) is 24.0 Å². The van der Waals surface area contributed by atoms with Crippen molar-refractivity contribution >= 4 is 17.6 Å². The molecule has 7 heteroatoms. The van der Waals surface area contributed by atoms with Crippen molar-refractivity contribution in [3.63, 3.8) is 0 Å². The second-order valence-corrected chi connectivity index (χ2v) is 10.6. The van der Waals surface area contributed by atoms with Gasteiger partial charge in [0.25, 0.3) is 5.91 Å². The third-order valence-corrected chi connectivity index (χ3v) is 5.76. The van der Waals surface area contributed by atoms with E-state index in [2.05, 4.69) is 39.9 Å². The molecule has 0 unspecified atom stereocenters. The number of nitrogens with one attached hydrogen (secondary N) is 1. The van der Waals surface area contributed by atoms with Gasteiger partial charge in [-0.15, -0.1) is 0 Å². The molecule has 0 atom stereocenters. The third kappa shape index (κ3) is 7.70. The average molecular weight is 491 g/mol. The Labute approximate surface area is 214 Å². The number of amides is 2. The molecule has 1 heterocycles. The highest BCUT2D eigenvalue weighted by atomic mass is 16.5. The monoisotopic (exact) mass is 490 g/mol. The molecule has 0 fully saturated rings. The number of carbonyl (C=O) groups excluding carboxylic acids is 2. The van der Waals surface area contributed by atoms with Crippen LogP contribution >= 0.6 is 0 Å². The Kier molecular flexibility index (Phi) is 8.91. The largest absolute Gasteiger partial charge is 0.484 e. The summed E-state index contributed by atoms with van der Waals surface area (Å²) in [6, 6.07) is 19.1. The van der Waals surface area contributed by atoms with Gasteiger partial charge in [-0.2, -0.15) is 5.10 Å². The zero-order valence-corrected chi connectivity index (χ0v) is 22.2. The van der Waals surface area contributed by atoms with Crippen molar-refractivity contribution in [1.82, 2.24) is 14.7 Å². The van der Waals surface area contributed by atoms with E-state index in [1.165, 1.54) is 0 Å². The second kappa shape index (κ2) is 11.9. The summed E-state index contributed by atoms with van der Waals surface area (Å²) in [5.41, 5.74) is 2.64. The van der Waals surface area contributed by atoms with Gasteiger partial charge in [0.2, 0.25) is 5.91 Å². The van der Waals surface area contributed by atoms with Crippen molar-refractivity contribution in [2.75, 3.05) is 25.0 Å². The fraction of sp³-hybridized carbons (Fsp3) is 0.414. The van der Waals surface area contributed by atoms with Gasteiger partial charge in [-0.05, 0) is 49.1 Å². The normalized spacial score (nSPS) is 11.4. The molecule has 36 heavy (non-hydrogen) atoms. The van der Waals surface area contributed by atoms with Gasteiger partial charge in [-0.25, -0.2) is 4.68 Å². The third-order valence-electron chi connectivity index (χ3n) is 5.76. The maximum Gasteiger partial charge on any atom is 0.260 e. The molecule has 1 N–H and O–H groups in total. The van der Waals surface area contributed by atoms with Gasteiger partial charge in [0.15, 0.2) is 6.61 Å². The summed E-state index contributed by atoms with van der Waals surface area (Å²) in [7, 11) is 0. The van der Waals surface area contributed by atoms with E-state index in [1.807, 2.05) is 55.5 Å². The molecule has 0 aliphatic carbocycles. The van der Waals surface area contributed by atoms with Crippen molar-refractivity contribution in [3.05, 3.63) is 71.9 Å². The minimum absolute atomic E-state index is 0.0620. The smallest absolute Gasteiger partial charge is 0.260 e. The van der Waals surface area contributed by atoms with Crippen LogP contribution in [0.15, 0.2) is 60.7 Å². The molecule has 0 aliphatic rings. The summed E-state index contributed by atoms with van der Waals surface area (Å²) < 4.78 is 7.40. The SMILES string of the molecule is Cc1cccc(-n2nc(C(C)(C)C)cc2NC(=O)CN(CCC(C)C)C(=O)COc2ccccc2)c1. The van der Waals surface area contributed by atoms with Gasteiger partial charge in [0.05, 0.1) is 11.4 Å². The number of carbonyl (C=O) groups is 2. The lowest BCUT2D eigenvalue weighted by Gasteiger charge is -2.23. The molecule has 2 aromatic carbocycles. The van der Waals surface area contributed by atoms with Gasteiger partial charge in [-0.1, -0.05) is 65.0 Å². The van der Waals surface area contributed by atoms with Crippen LogP contribution < -0.4 is 10.1 Å². The highest BCUT2D eigenvalue weighted by Gasteiger charge is 2.23. The molecule has 3 aromatic rings. The second-order valence-electron chi connectivity index (χ2n) is 10.6. The number of hydrogen-bond donors (Lipinski definition) is 1. The maximum atomic E-state index is 13.2. The molecule has 0 spiro atoms.